The third kappa shape index (κ3) is 5.50. The molecule has 2 N–H and O–H groups in total. The molecule has 1 heterocycles. The van der Waals surface area contributed by atoms with Gasteiger partial charge in [0.25, 0.3) is 5.69 Å². The first-order valence-electron chi connectivity index (χ1n) is 13.1. The summed E-state index contributed by atoms with van der Waals surface area (Å²) in [5.74, 6) is -0.0193. The molecule has 11 heteroatoms. The third-order valence-electron chi connectivity index (χ3n) is 7.61. The second-order valence-electron chi connectivity index (χ2n) is 10.2. The Morgan fingerprint density at radius 2 is 1.81 bits per heavy atom. The maximum atomic E-state index is 13.6. The molecule has 5 rings (SSSR count). The molecule has 0 spiro atoms. The van der Waals surface area contributed by atoms with Gasteiger partial charge in [0.2, 0.25) is 0 Å². The average Bonchev–Trinajstić information content (AvgIpc) is 2.94. The Balaban J connectivity index is 1.64. The Labute approximate surface area is 262 Å². The minimum atomic E-state index is -0.671. The summed E-state index contributed by atoms with van der Waals surface area (Å²) in [5.41, 5.74) is 12.0. The number of rotatable bonds is 6. The molecule has 1 atom stereocenters. The van der Waals surface area contributed by atoms with Gasteiger partial charge in [-0.1, -0.05) is 46.9 Å². The van der Waals surface area contributed by atoms with Gasteiger partial charge in [0, 0.05) is 39.4 Å². The van der Waals surface area contributed by atoms with E-state index in [1.54, 1.807) is 34.9 Å². The molecule has 0 aromatic heterocycles. The zero-order chi connectivity index (χ0) is 30.3. The van der Waals surface area contributed by atoms with E-state index < -0.39 is 10.8 Å². The number of carbonyl (C=O) groups excluding carboxylic acids is 1. The number of nitro groups is 1. The van der Waals surface area contributed by atoms with E-state index in [9.17, 15) is 20.2 Å². The summed E-state index contributed by atoms with van der Waals surface area (Å²) in [6, 6.07) is 16.0. The summed E-state index contributed by atoms with van der Waals surface area (Å²) in [6.45, 7) is 3.98. The molecule has 1 aliphatic carbocycles. The summed E-state index contributed by atoms with van der Waals surface area (Å²) in [5, 5.41) is 23.2. The number of nitrogens with two attached hydrogens (primary N) is 1. The van der Waals surface area contributed by atoms with Crippen LogP contribution in [0.2, 0.25) is 15.1 Å². The number of aryl methyl sites for hydroxylation is 2. The van der Waals surface area contributed by atoms with Crippen LogP contribution in [0.5, 0.6) is 0 Å². The van der Waals surface area contributed by atoms with Crippen LogP contribution in [0.25, 0.3) is 0 Å². The Bertz CT molecular complexity index is 1760. The number of nitro benzene ring substituents is 1. The minimum absolute atomic E-state index is 0.0182. The summed E-state index contributed by atoms with van der Waals surface area (Å²) in [7, 11) is 0. The lowest BCUT2D eigenvalue weighted by atomic mass is 9.74. The molecule has 214 valence electrons. The first-order valence-corrected chi connectivity index (χ1v) is 15.2. The molecule has 0 saturated heterocycles. The van der Waals surface area contributed by atoms with Crippen molar-refractivity contribution in [2.45, 2.75) is 49.7 Å². The zero-order valence-corrected chi connectivity index (χ0v) is 25.8. The van der Waals surface area contributed by atoms with Crippen LogP contribution in [0.4, 0.5) is 11.4 Å². The molecule has 1 aliphatic heterocycles. The first-order chi connectivity index (χ1) is 20.0. The van der Waals surface area contributed by atoms with Crippen molar-refractivity contribution in [1.82, 2.24) is 0 Å². The van der Waals surface area contributed by atoms with E-state index >= 15 is 0 Å². The molecule has 42 heavy (non-hydrogen) atoms. The van der Waals surface area contributed by atoms with Gasteiger partial charge in [-0.05, 0) is 79.3 Å². The number of carbonyl (C=O) groups is 1. The predicted molar refractivity (Wildman–Crippen MR) is 168 cm³/mol. The monoisotopic (exact) mass is 638 g/mol. The van der Waals surface area contributed by atoms with Crippen molar-refractivity contribution in [2.24, 2.45) is 5.73 Å². The molecule has 0 bridgehead atoms. The van der Waals surface area contributed by atoms with Crippen molar-refractivity contribution in [3.05, 3.63) is 119 Å². The van der Waals surface area contributed by atoms with Crippen LogP contribution in [0.15, 0.2) is 76.1 Å². The summed E-state index contributed by atoms with van der Waals surface area (Å²) >= 11 is 20.2. The molecular weight excluding hydrogens is 615 g/mol. The molecule has 0 radical (unpaired) electrons. The Kier molecular flexibility index (Phi) is 8.58. The lowest BCUT2D eigenvalue weighted by molar-refractivity contribution is -0.384. The normalized spacial score (nSPS) is 16.9. The maximum Gasteiger partial charge on any atom is 0.289 e. The van der Waals surface area contributed by atoms with Crippen molar-refractivity contribution in [1.29, 1.82) is 5.26 Å². The van der Waals surface area contributed by atoms with Crippen LogP contribution in [0.3, 0.4) is 0 Å². The summed E-state index contributed by atoms with van der Waals surface area (Å²) < 4.78 is 0. The van der Waals surface area contributed by atoms with Gasteiger partial charge in [0.15, 0.2) is 5.78 Å². The topological polar surface area (TPSA) is 113 Å². The van der Waals surface area contributed by atoms with E-state index in [1.165, 1.54) is 12.1 Å². The van der Waals surface area contributed by atoms with Gasteiger partial charge in [-0.15, -0.1) is 11.8 Å². The van der Waals surface area contributed by atoms with Gasteiger partial charge in [0.1, 0.15) is 10.8 Å². The maximum absolute atomic E-state index is 13.6. The number of nitriles is 1. The van der Waals surface area contributed by atoms with Crippen LogP contribution >= 0.6 is 46.6 Å². The number of hydrogen-bond donors (Lipinski definition) is 1. The first kappa shape index (κ1) is 30.0. The fraction of sp³-hybridized carbons (Fsp3) is 0.226. The molecule has 2 aliphatic rings. The summed E-state index contributed by atoms with van der Waals surface area (Å²) in [4.78, 5) is 27.1. The van der Waals surface area contributed by atoms with Crippen molar-refractivity contribution in [3.8, 4) is 6.07 Å². The minimum Gasteiger partial charge on any atom is -0.384 e. The van der Waals surface area contributed by atoms with Crippen molar-refractivity contribution < 1.29 is 9.72 Å². The zero-order valence-electron chi connectivity index (χ0n) is 22.7. The Morgan fingerprint density at radius 1 is 1.07 bits per heavy atom. The van der Waals surface area contributed by atoms with Gasteiger partial charge < -0.3 is 5.73 Å². The smallest absolute Gasteiger partial charge is 0.289 e. The van der Waals surface area contributed by atoms with E-state index in [2.05, 4.69) is 12.1 Å². The van der Waals surface area contributed by atoms with Crippen molar-refractivity contribution >= 4 is 63.7 Å². The van der Waals surface area contributed by atoms with Gasteiger partial charge >= 0.3 is 0 Å². The quantitative estimate of drug-likeness (QED) is 0.163. The van der Waals surface area contributed by atoms with Gasteiger partial charge in [-0.25, -0.2) is 0 Å². The van der Waals surface area contributed by atoms with Gasteiger partial charge in [-0.2, -0.15) is 5.26 Å². The second-order valence-corrected chi connectivity index (χ2v) is 12.5. The van der Waals surface area contributed by atoms with E-state index in [0.717, 1.165) is 27.1 Å². The number of thioether (sulfide) groups is 1. The highest BCUT2D eigenvalue weighted by Crippen LogP contribution is 2.48. The van der Waals surface area contributed by atoms with Crippen molar-refractivity contribution in [2.75, 3.05) is 4.90 Å². The molecule has 0 amide bonds. The molecular formula is C31H25Cl3N4O3S. The van der Waals surface area contributed by atoms with E-state index in [1.807, 2.05) is 26.0 Å². The van der Waals surface area contributed by atoms with Crippen LogP contribution in [-0.2, 0) is 10.5 Å². The molecule has 3 aromatic rings. The largest absolute Gasteiger partial charge is 0.384 e. The highest BCUT2D eigenvalue weighted by atomic mass is 35.5. The Morgan fingerprint density at radius 3 is 2.52 bits per heavy atom. The number of benzene rings is 3. The number of anilines is 1. The average molecular weight is 640 g/mol. The molecule has 7 nitrogen and oxygen atoms in total. The molecule has 0 saturated carbocycles. The SMILES string of the molecule is Cc1cc(C)c(C2C(C#N)=C(N)N(c3ccc(Cl)c([N+](=O)[O-])c3)C3=C2C(=O)CCC3)cc1CSc1cc(Cl)ccc1Cl. The van der Waals surface area contributed by atoms with E-state index in [0.29, 0.717) is 52.0 Å². The van der Waals surface area contributed by atoms with E-state index in [4.69, 9.17) is 40.5 Å². The Hall–Kier alpha value is -3.48. The number of allylic oxidation sites excluding steroid dienone is 3. The number of ketones is 1. The predicted octanol–water partition coefficient (Wildman–Crippen LogP) is 8.77. The number of nitrogens with zero attached hydrogens (tertiary/aromatic N) is 3. The third-order valence-corrected chi connectivity index (χ3v) is 9.71. The number of hydrogen-bond acceptors (Lipinski definition) is 7. The van der Waals surface area contributed by atoms with Crippen LogP contribution < -0.4 is 10.6 Å². The highest BCUT2D eigenvalue weighted by Gasteiger charge is 2.41. The van der Waals surface area contributed by atoms with Gasteiger partial charge in [0.05, 0.1) is 33.2 Å². The molecule has 0 fully saturated rings. The standard InChI is InChI=1S/C31H25Cl3N4O3S/c1-16-10-17(2)21(11-18(16)15-42-28-12-19(32)6-8-24(28)34)29-22(14-35)31(36)37(25-4-3-5-27(39)30(25)29)20-7-9-23(33)26(13-20)38(40)41/h6-13,29H,3-5,15,36H2,1-2H3. The number of halogens is 3. The summed E-state index contributed by atoms with van der Waals surface area (Å²) in [6.07, 6.45) is 1.46. The second kappa shape index (κ2) is 12.0. The van der Waals surface area contributed by atoms with Crippen molar-refractivity contribution in [3.63, 3.8) is 0 Å². The number of Topliss-reactive ketones (excluding diaryl/α,β-unsaturated/α-hetero) is 1. The highest BCUT2D eigenvalue weighted by molar-refractivity contribution is 7.98. The van der Waals surface area contributed by atoms with E-state index in [-0.39, 0.29) is 27.9 Å². The molecule has 3 aromatic carbocycles. The van der Waals surface area contributed by atoms with Gasteiger partial charge in [-0.3, -0.25) is 19.8 Å². The fourth-order valence-electron chi connectivity index (χ4n) is 5.60. The fourth-order valence-corrected chi connectivity index (χ4v) is 7.34. The lowest BCUT2D eigenvalue weighted by Gasteiger charge is -2.40. The van der Waals surface area contributed by atoms with Crippen LogP contribution in [0, 0.1) is 35.3 Å². The molecule has 1 unspecified atom stereocenters. The van der Waals surface area contributed by atoms with Crippen LogP contribution in [0.1, 0.15) is 47.4 Å². The lowest BCUT2D eigenvalue weighted by Crippen LogP contribution is -2.39. The van der Waals surface area contributed by atoms with Crippen LogP contribution in [-0.4, -0.2) is 10.7 Å².